The van der Waals surface area contributed by atoms with Crippen LogP contribution in [0.2, 0.25) is 0 Å². The lowest BCUT2D eigenvalue weighted by molar-refractivity contribution is 0.102. The monoisotopic (exact) mass is 568 g/mol. The van der Waals surface area contributed by atoms with Crippen molar-refractivity contribution in [3.8, 4) is 5.75 Å². The number of amides is 2. The van der Waals surface area contributed by atoms with E-state index >= 15 is 0 Å². The summed E-state index contributed by atoms with van der Waals surface area (Å²) in [5.74, 6) is 0.948. The standard InChI is InChI=1S/C35H44N4O3/c1-37(26-29-8-4-2-5-9-29)23-18-28-19-24-39(25-20-28)35(41)42-33-16-14-32(15-17-33)36-34(40)31-12-10-30(11-13-31)27-38-21-6-3-7-22-38/h2,4-5,8-17,28H,3,6-7,18-27H2,1H3,(H,36,40). The number of rotatable bonds is 10. The van der Waals surface area contributed by atoms with Gasteiger partial charge in [0.05, 0.1) is 0 Å². The van der Waals surface area contributed by atoms with E-state index < -0.39 is 0 Å². The summed E-state index contributed by atoms with van der Waals surface area (Å²) in [6.07, 6.45) is 6.69. The van der Waals surface area contributed by atoms with Crippen molar-refractivity contribution < 1.29 is 14.3 Å². The largest absolute Gasteiger partial charge is 0.415 e. The van der Waals surface area contributed by atoms with Gasteiger partial charge < -0.3 is 19.9 Å². The van der Waals surface area contributed by atoms with Gasteiger partial charge in [-0.1, -0.05) is 48.9 Å². The molecule has 222 valence electrons. The predicted molar refractivity (Wildman–Crippen MR) is 168 cm³/mol. The van der Waals surface area contributed by atoms with Gasteiger partial charge in [0.1, 0.15) is 5.75 Å². The molecule has 0 spiro atoms. The van der Waals surface area contributed by atoms with E-state index in [1.807, 2.05) is 24.3 Å². The summed E-state index contributed by atoms with van der Waals surface area (Å²) in [6, 6.07) is 25.4. The minimum atomic E-state index is -0.309. The van der Waals surface area contributed by atoms with Gasteiger partial charge in [-0.05, 0) is 112 Å². The van der Waals surface area contributed by atoms with Crippen molar-refractivity contribution in [2.24, 2.45) is 5.92 Å². The van der Waals surface area contributed by atoms with Crippen LogP contribution in [0, 0.1) is 5.92 Å². The van der Waals surface area contributed by atoms with E-state index in [1.165, 1.54) is 30.4 Å². The summed E-state index contributed by atoms with van der Waals surface area (Å²) in [7, 11) is 2.17. The van der Waals surface area contributed by atoms with Crippen molar-refractivity contribution in [1.82, 2.24) is 14.7 Å². The molecule has 0 aromatic heterocycles. The average Bonchev–Trinajstić information content (AvgIpc) is 3.02. The Morgan fingerprint density at radius 1 is 0.833 bits per heavy atom. The van der Waals surface area contributed by atoms with Crippen LogP contribution >= 0.6 is 0 Å². The fourth-order valence-corrected chi connectivity index (χ4v) is 5.89. The molecular formula is C35H44N4O3. The summed E-state index contributed by atoms with van der Waals surface area (Å²) < 4.78 is 5.64. The molecule has 42 heavy (non-hydrogen) atoms. The molecule has 2 amide bonds. The Morgan fingerprint density at radius 2 is 1.52 bits per heavy atom. The Hall–Kier alpha value is -3.68. The highest BCUT2D eigenvalue weighted by molar-refractivity contribution is 6.04. The van der Waals surface area contributed by atoms with E-state index in [9.17, 15) is 9.59 Å². The van der Waals surface area contributed by atoms with Crippen molar-refractivity contribution in [2.75, 3.05) is 45.1 Å². The highest BCUT2D eigenvalue weighted by Crippen LogP contribution is 2.23. The number of nitrogens with one attached hydrogen (secondary N) is 1. The molecule has 2 fully saturated rings. The summed E-state index contributed by atoms with van der Waals surface area (Å²) in [5, 5.41) is 2.94. The normalized spacial score (nSPS) is 16.4. The number of carbonyl (C=O) groups is 2. The lowest BCUT2D eigenvalue weighted by Gasteiger charge is -2.32. The van der Waals surface area contributed by atoms with Crippen molar-refractivity contribution in [3.63, 3.8) is 0 Å². The molecule has 7 nitrogen and oxygen atoms in total. The van der Waals surface area contributed by atoms with Crippen LogP contribution in [0.3, 0.4) is 0 Å². The molecular weight excluding hydrogens is 524 g/mol. The third-order valence-corrected chi connectivity index (χ3v) is 8.48. The topological polar surface area (TPSA) is 65.1 Å². The summed E-state index contributed by atoms with van der Waals surface area (Å²) in [6.45, 7) is 6.69. The molecule has 2 saturated heterocycles. The Labute approximate surface area is 250 Å². The Morgan fingerprint density at radius 3 is 2.21 bits per heavy atom. The predicted octanol–water partition coefficient (Wildman–Crippen LogP) is 6.66. The van der Waals surface area contributed by atoms with E-state index in [4.69, 9.17) is 4.74 Å². The van der Waals surface area contributed by atoms with Gasteiger partial charge in [-0.25, -0.2) is 4.79 Å². The minimum absolute atomic E-state index is 0.154. The second kappa shape index (κ2) is 15.0. The van der Waals surface area contributed by atoms with Gasteiger partial charge in [-0.2, -0.15) is 0 Å². The molecule has 0 unspecified atom stereocenters. The van der Waals surface area contributed by atoms with Crippen LogP contribution in [0.5, 0.6) is 5.75 Å². The number of hydrogen-bond acceptors (Lipinski definition) is 5. The Balaban J connectivity index is 1.01. The molecule has 0 radical (unpaired) electrons. The molecule has 2 aliphatic heterocycles. The number of ether oxygens (including phenoxy) is 1. The van der Waals surface area contributed by atoms with Crippen molar-refractivity contribution in [3.05, 3.63) is 95.6 Å². The third-order valence-electron chi connectivity index (χ3n) is 8.48. The van der Waals surface area contributed by atoms with Gasteiger partial charge in [-0.15, -0.1) is 0 Å². The van der Waals surface area contributed by atoms with E-state index in [0.717, 1.165) is 65.1 Å². The summed E-state index contributed by atoms with van der Waals surface area (Å²) in [4.78, 5) is 32.2. The lowest BCUT2D eigenvalue weighted by Crippen LogP contribution is -2.40. The number of piperidine rings is 2. The van der Waals surface area contributed by atoms with Gasteiger partial charge in [0.15, 0.2) is 0 Å². The first kappa shape index (κ1) is 29.8. The Bertz CT molecular complexity index is 1270. The maximum atomic E-state index is 12.8. The van der Waals surface area contributed by atoms with Crippen LogP contribution in [0.1, 0.15) is 60.0 Å². The minimum Gasteiger partial charge on any atom is -0.410 e. The quantitative estimate of drug-likeness (QED) is 0.296. The van der Waals surface area contributed by atoms with E-state index in [-0.39, 0.29) is 12.0 Å². The zero-order chi connectivity index (χ0) is 29.1. The molecule has 3 aromatic rings. The van der Waals surface area contributed by atoms with Crippen LogP contribution in [-0.2, 0) is 13.1 Å². The number of hydrogen-bond donors (Lipinski definition) is 1. The van der Waals surface area contributed by atoms with E-state index in [1.54, 1.807) is 29.2 Å². The SMILES string of the molecule is CN(CCC1CCN(C(=O)Oc2ccc(NC(=O)c3ccc(CN4CCCCC4)cc3)cc2)CC1)Cc1ccccc1. The van der Waals surface area contributed by atoms with Crippen LogP contribution in [0.15, 0.2) is 78.9 Å². The van der Waals surface area contributed by atoms with Gasteiger partial charge in [0, 0.05) is 37.4 Å². The zero-order valence-electron chi connectivity index (χ0n) is 24.8. The second-order valence-electron chi connectivity index (χ2n) is 11.8. The molecule has 2 heterocycles. The van der Waals surface area contributed by atoms with Gasteiger partial charge in [0.25, 0.3) is 5.91 Å². The number of anilines is 1. The molecule has 7 heteroatoms. The maximum Gasteiger partial charge on any atom is 0.415 e. The van der Waals surface area contributed by atoms with Crippen molar-refractivity contribution in [1.29, 1.82) is 0 Å². The number of carbonyl (C=O) groups excluding carboxylic acids is 2. The summed E-state index contributed by atoms with van der Waals surface area (Å²) >= 11 is 0. The maximum absolute atomic E-state index is 12.8. The van der Waals surface area contributed by atoms with Crippen LogP contribution in [0.25, 0.3) is 0 Å². The number of likely N-dealkylation sites (tertiary alicyclic amines) is 2. The molecule has 5 rings (SSSR count). The van der Waals surface area contributed by atoms with E-state index in [2.05, 4.69) is 52.5 Å². The fourth-order valence-electron chi connectivity index (χ4n) is 5.89. The highest BCUT2D eigenvalue weighted by Gasteiger charge is 2.24. The zero-order valence-corrected chi connectivity index (χ0v) is 24.8. The van der Waals surface area contributed by atoms with Crippen molar-refractivity contribution >= 4 is 17.7 Å². The van der Waals surface area contributed by atoms with Gasteiger partial charge >= 0.3 is 6.09 Å². The number of nitrogens with zero attached hydrogens (tertiary/aromatic N) is 3. The Kier molecular flexibility index (Phi) is 10.6. The number of benzene rings is 3. The van der Waals surface area contributed by atoms with E-state index in [0.29, 0.717) is 22.9 Å². The summed E-state index contributed by atoms with van der Waals surface area (Å²) in [5.41, 5.74) is 3.85. The molecule has 0 bridgehead atoms. The van der Waals surface area contributed by atoms with Gasteiger partial charge in [-0.3, -0.25) is 9.69 Å². The molecule has 1 N–H and O–H groups in total. The smallest absolute Gasteiger partial charge is 0.410 e. The average molecular weight is 569 g/mol. The molecule has 0 atom stereocenters. The first-order valence-corrected chi connectivity index (χ1v) is 15.4. The molecule has 0 aliphatic carbocycles. The first-order chi connectivity index (χ1) is 20.5. The molecule has 0 saturated carbocycles. The van der Waals surface area contributed by atoms with Crippen molar-refractivity contribution in [2.45, 2.75) is 51.6 Å². The fraction of sp³-hybridized carbons (Fsp3) is 0.429. The van der Waals surface area contributed by atoms with Crippen LogP contribution in [0.4, 0.5) is 10.5 Å². The lowest BCUT2D eigenvalue weighted by atomic mass is 9.93. The van der Waals surface area contributed by atoms with Crippen LogP contribution in [-0.4, -0.2) is 66.5 Å². The molecule has 3 aromatic carbocycles. The van der Waals surface area contributed by atoms with Gasteiger partial charge in [0.2, 0.25) is 0 Å². The second-order valence-corrected chi connectivity index (χ2v) is 11.8. The first-order valence-electron chi connectivity index (χ1n) is 15.4. The van der Waals surface area contributed by atoms with Crippen LogP contribution < -0.4 is 10.1 Å². The third kappa shape index (κ3) is 8.91. The molecule has 2 aliphatic rings. The highest BCUT2D eigenvalue weighted by atomic mass is 16.6.